The van der Waals surface area contributed by atoms with Crippen molar-refractivity contribution in [3.63, 3.8) is 0 Å². The predicted octanol–water partition coefficient (Wildman–Crippen LogP) is 2.93. The van der Waals surface area contributed by atoms with Crippen molar-refractivity contribution in [1.29, 1.82) is 0 Å². The van der Waals surface area contributed by atoms with Crippen LogP contribution >= 0.6 is 11.3 Å². The number of nitrogens with one attached hydrogen (secondary N) is 1. The van der Waals surface area contributed by atoms with E-state index in [-0.39, 0.29) is 10.4 Å². The summed E-state index contributed by atoms with van der Waals surface area (Å²) < 4.78 is 11.0. The molecule has 1 aromatic carbocycles. The van der Waals surface area contributed by atoms with E-state index in [1.165, 1.54) is 0 Å². The maximum Gasteiger partial charge on any atom is 0.346 e. The molecule has 0 spiro atoms. The number of hydrogen-bond acceptors (Lipinski definition) is 6. The van der Waals surface area contributed by atoms with Gasteiger partial charge in [0.2, 0.25) is 0 Å². The van der Waals surface area contributed by atoms with Crippen molar-refractivity contribution in [2.75, 3.05) is 13.2 Å². The second-order valence-electron chi connectivity index (χ2n) is 5.73. The van der Waals surface area contributed by atoms with Crippen LogP contribution in [0.1, 0.15) is 26.6 Å². The summed E-state index contributed by atoms with van der Waals surface area (Å²) in [4.78, 5) is 31.1. The Labute approximate surface area is 151 Å². The number of aryl methyl sites for hydroxylation is 1. The molecule has 1 aliphatic heterocycles. The van der Waals surface area contributed by atoms with E-state index in [1.54, 1.807) is 19.1 Å². The second kappa shape index (κ2) is 6.30. The van der Waals surface area contributed by atoms with Crippen molar-refractivity contribution in [3.8, 4) is 11.5 Å². The third-order valence-electron chi connectivity index (χ3n) is 4.01. The van der Waals surface area contributed by atoms with Gasteiger partial charge in [0.25, 0.3) is 5.56 Å². The van der Waals surface area contributed by atoms with E-state index >= 15 is 0 Å². The summed E-state index contributed by atoms with van der Waals surface area (Å²) in [6.07, 6.45) is 3.46. The molecule has 0 aliphatic carbocycles. The lowest BCUT2D eigenvalue weighted by Gasteiger charge is -2.18. The number of carboxylic acids is 1. The van der Waals surface area contributed by atoms with E-state index in [1.807, 2.05) is 18.2 Å². The number of fused-ring (bicyclic) bond motifs is 2. The van der Waals surface area contributed by atoms with Crippen LogP contribution in [0.2, 0.25) is 0 Å². The van der Waals surface area contributed by atoms with Gasteiger partial charge < -0.3 is 19.6 Å². The van der Waals surface area contributed by atoms with Crippen LogP contribution < -0.4 is 15.0 Å². The fraction of sp³-hybridized carbons (Fsp3) is 0.167. The van der Waals surface area contributed by atoms with Gasteiger partial charge >= 0.3 is 5.97 Å². The minimum Gasteiger partial charge on any atom is -0.486 e. The number of thiophene rings is 1. The number of carboxylic acid groups (broad SMARTS) is 1. The lowest BCUT2D eigenvalue weighted by Crippen LogP contribution is -2.15. The molecular weight excluding hydrogens is 356 g/mol. The van der Waals surface area contributed by atoms with Gasteiger partial charge in [0.1, 0.15) is 28.7 Å². The minimum atomic E-state index is -1.06. The summed E-state index contributed by atoms with van der Waals surface area (Å²) in [6, 6.07) is 5.55. The van der Waals surface area contributed by atoms with Gasteiger partial charge in [-0.15, -0.1) is 11.3 Å². The Balaban J connectivity index is 1.70. The first-order chi connectivity index (χ1) is 12.5. The van der Waals surface area contributed by atoms with E-state index in [2.05, 4.69) is 9.97 Å². The van der Waals surface area contributed by atoms with Crippen molar-refractivity contribution >= 4 is 39.7 Å². The van der Waals surface area contributed by atoms with Crippen LogP contribution in [0.25, 0.3) is 22.4 Å². The highest BCUT2D eigenvalue weighted by Crippen LogP contribution is 2.31. The van der Waals surface area contributed by atoms with Gasteiger partial charge in [-0.1, -0.05) is 12.1 Å². The molecule has 2 N–H and O–H groups in total. The third-order valence-corrected chi connectivity index (χ3v) is 5.19. The molecule has 0 saturated carbocycles. The Kier molecular flexibility index (Phi) is 3.96. The lowest BCUT2D eigenvalue weighted by atomic mass is 10.1. The molecule has 0 unspecified atom stereocenters. The molecule has 0 fully saturated rings. The number of rotatable bonds is 3. The van der Waals surface area contributed by atoms with Gasteiger partial charge in [0.15, 0.2) is 11.5 Å². The molecule has 3 heterocycles. The number of benzene rings is 1. The fourth-order valence-electron chi connectivity index (χ4n) is 2.78. The normalized spacial score (nSPS) is 13.4. The Hall–Kier alpha value is -3.13. The van der Waals surface area contributed by atoms with Crippen LogP contribution in [0.3, 0.4) is 0 Å². The molecule has 132 valence electrons. The molecule has 2 aromatic heterocycles. The van der Waals surface area contributed by atoms with Gasteiger partial charge in [-0.2, -0.15) is 0 Å². The average molecular weight is 370 g/mol. The summed E-state index contributed by atoms with van der Waals surface area (Å²) in [5, 5.41) is 9.53. The molecule has 1 aliphatic rings. The highest BCUT2D eigenvalue weighted by Gasteiger charge is 2.18. The van der Waals surface area contributed by atoms with Crippen LogP contribution in [0, 0.1) is 6.92 Å². The van der Waals surface area contributed by atoms with Gasteiger partial charge in [-0.3, -0.25) is 4.79 Å². The highest BCUT2D eigenvalue weighted by molar-refractivity contribution is 7.20. The Morgan fingerprint density at radius 3 is 2.81 bits per heavy atom. The number of carbonyl (C=O) groups is 1. The Bertz CT molecular complexity index is 1110. The van der Waals surface area contributed by atoms with Gasteiger partial charge in [-0.05, 0) is 36.3 Å². The summed E-state index contributed by atoms with van der Waals surface area (Å²) in [7, 11) is 0. The van der Waals surface area contributed by atoms with E-state index in [0.717, 1.165) is 16.9 Å². The van der Waals surface area contributed by atoms with Gasteiger partial charge in [0, 0.05) is 0 Å². The number of H-pyrrole nitrogens is 1. The molecule has 7 nitrogen and oxygen atoms in total. The first-order valence-electron chi connectivity index (χ1n) is 7.87. The van der Waals surface area contributed by atoms with Crippen molar-refractivity contribution < 1.29 is 19.4 Å². The average Bonchev–Trinajstić information content (AvgIpc) is 2.97. The number of hydrogen-bond donors (Lipinski definition) is 2. The van der Waals surface area contributed by atoms with Crippen LogP contribution in [0.5, 0.6) is 11.5 Å². The topological polar surface area (TPSA) is 102 Å². The smallest absolute Gasteiger partial charge is 0.346 e. The summed E-state index contributed by atoms with van der Waals surface area (Å²) in [6.45, 7) is 2.66. The first-order valence-corrected chi connectivity index (χ1v) is 8.69. The zero-order chi connectivity index (χ0) is 18.3. The van der Waals surface area contributed by atoms with E-state index in [4.69, 9.17) is 9.47 Å². The van der Waals surface area contributed by atoms with Crippen LogP contribution in [0.15, 0.2) is 23.0 Å². The Morgan fingerprint density at radius 2 is 2.04 bits per heavy atom. The molecule has 0 radical (unpaired) electrons. The predicted molar refractivity (Wildman–Crippen MR) is 98.3 cm³/mol. The quantitative estimate of drug-likeness (QED) is 0.735. The van der Waals surface area contributed by atoms with Gasteiger partial charge in [-0.25, -0.2) is 9.78 Å². The monoisotopic (exact) mass is 370 g/mol. The van der Waals surface area contributed by atoms with E-state index in [9.17, 15) is 14.7 Å². The van der Waals surface area contributed by atoms with Crippen molar-refractivity contribution in [2.24, 2.45) is 0 Å². The standard InChI is InChI=1S/C18H14N2O5S/c1-9-14-16(21)19-13(20-17(14)26-15(9)18(22)23)5-3-10-2-4-11-12(8-10)25-7-6-24-11/h2-5,8H,6-7H2,1H3,(H,22,23)(H,19,20,21)/b5-3-. The zero-order valence-electron chi connectivity index (χ0n) is 13.7. The Morgan fingerprint density at radius 1 is 1.27 bits per heavy atom. The van der Waals surface area contributed by atoms with Gasteiger partial charge in [0.05, 0.1) is 5.39 Å². The molecule has 0 bridgehead atoms. The molecule has 0 saturated heterocycles. The second-order valence-corrected chi connectivity index (χ2v) is 6.73. The summed E-state index contributed by atoms with van der Waals surface area (Å²) in [5.41, 5.74) is 0.956. The van der Waals surface area contributed by atoms with E-state index < -0.39 is 5.97 Å². The molecule has 0 atom stereocenters. The molecular formula is C18H14N2O5S. The van der Waals surface area contributed by atoms with Crippen molar-refractivity contribution in [2.45, 2.75) is 6.92 Å². The van der Waals surface area contributed by atoms with Crippen LogP contribution in [-0.2, 0) is 0 Å². The number of nitrogens with zero attached hydrogens (tertiary/aromatic N) is 1. The number of aromatic nitrogens is 2. The molecule has 0 amide bonds. The fourth-order valence-corrected chi connectivity index (χ4v) is 3.81. The lowest BCUT2D eigenvalue weighted by molar-refractivity contribution is 0.0701. The van der Waals surface area contributed by atoms with Crippen molar-refractivity contribution in [3.05, 3.63) is 50.4 Å². The molecule has 3 aromatic rings. The molecule has 26 heavy (non-hydrogen) atoms. The van der Waals surface area contributed by atoms with Crippen molar-refractivity contribution in [1.82, 2.24) is 9.97 Å². The molecule has 8 heteroatoms. The SMILES string of the molecule is Cc1c(C(=O)O)sc2nc(/C=C\c3ccc4c(c3)OCCO4)[nH]c(=O)c12. The zero-order valence-corrected chi connectivity index (χ0v) is 14.6. The number of aromatic carboxylic acids is 1. The van der Waals surface area contributed by atoms with Crippen LogP contribution in [-0.4, -0.2) is 34.3 Å². The molecule has 4 rings (SSSR count). The maximum absolute atomic E-state index is 12.3. The summed E-state index contributed by atoms with van der Waals surface area (Å²) >= 11 is 1.000. The maximum atomic E-state index is 12.3. The van der Waals surface area contributed by atoms with Crippen LogP contribution in [0.4, 0.5) is 0 Å². The first kappa shape index (κ1) is 16.3. The number of aromatic amines is 1. The van der Waals surface area contributed by atoms with E-state index in [0.29, 0.717) is 46.3 Å². The number of ether oxygens (including phenoxy) is 2. The minimum absolute atomic E-state index is 0.131. The largest absolute Gasteiger partial charge is 0.486 e. The summed E-state index contributed by atoms with van der Waals surface area (Å²) in [5.74, 6) is 0.681. The highest BCUT2D eigenvalue weighted by atomic mass is 32.1. The third kappa shape index (κ3) is 2.84.